The van der Waals surface area contributed by atoms with Crippen molar-refractivity contribution in [3.05, 3.63) is 28.3 Å². The molecule has 2 N–H and O–H groups in total. The number of piperazine rings is 1. The molecule has 0 saturated carbocycles. The van der Waals surface area contributed by atoms with Gasteiger partial charge in [0.1, 0.15) is 5.69 Å². The van der Waals surface area contributed by atoms with Gasteiger partial charge in [-0.2, -0.15) is 10.1 Å². The molecule has 0 unspecified atom stereocenters. The highest BCUT2D eigenvalue weighted by Crippen LogP contribution is 2.27. The maximum Gasteiger partial charge on any atom is 0.278 e. The summed E-state index contributed by atoms with van der Waals surface area (Å²) in [6, 6.07) is 2.95. The van der Waals surface area contributed by atoms with E-state index < -0.39 is 0 Å². The van der Waals surface area contributed by atoms with Gasteiger partial charge in [0.25, 0.3) is 11.4 Å². The van der Waals surface area contributed by atoms with Crippen LogP contribution in [0, 0.1) is 0 Å². The molecular formula is C13H18N6O2. The predicted octanol–water partition coefficient (Wildman–Crippen LogP) is -0.0398. The van der Waals surface area contributed by atoms with Gasteiger partial charge in [0.2, 0.25) is 0 Å². The van der Waals surface area contributed by atoms with Crippen LogP contribution >= 0.6 is 0 Å². The molecule has 0 spiro atoms. The fraction of sp³-hybridized carbons (Fsp3) is 0.538. The van der Waals surface area contributed by atoms with Gasteiger partial charge in [0.15, 0.2) is 5.82 Å². The average molecular weight is 290 g/mol. The van der Waals surface area contributed by atoms with Crippen molar-refractivity contribution in [3.8, 4) is 11.6 Å². The lowest BCUT2D eigenvalue weighted by molar-refractivity contribution is 0.0925. The van der Waals surface area contributed by atoms with Gasteiger partial charge in [-0.3, -0.25) is 9.69 Å². The maximum atomic E-state index is 11.0. The molecule has 8 heteroatoms. The third-order valence-electron chi connectivity index (χ3n) is 3.78. The number of nitrogens with zero attached hydrogens (tertiary/aromatic N) is 4. The first-order valence-corrected chi connectivity index (χ1v) is 6.93. The normalized spacial score (nSPS) is 17.0. The molecule has 0 aliphatic carbocycles. The molecule has 2 aromatic heterocycles. The van der Waals surface area contributed by atoms with E-state index in [0.717, 1.165) is 26.2 Å². The Morgan fingerprint density at radius 3 is 2.71 bits per heavy atom. The minimum Gasteiger partial charge on any atom is -0.332 e. The summed E-state index contributed by atoms with van der Waals surface area (Å²) in [5.41, 5.74) is -0.115. The molecule has 112 valence electrons. The lowest BCUT2D eigenvalue weighted by Gasteiger charge is -2.38. The Kier molecular flexibility index (Phi) is 3.56. The second-order valence-corrected chi connectivity index (χ2v) is 5.53. The highest BCUT2D eigenvalue weighted by atomic mass is 16.5. The van der Waals surface area contributed by atoms with Crippen LogP contribution in [0.2, 0.25) is 0 Å². The van der Waals surface area contributed by atoms with E-state index in [1.807, 2.05) is 0 Å². The zero-order valence-electron chi connectivity index (χ0n) is 12.1. The van der Waals surface area contributed by atoms with E-state index in [0.29, 0.717) is 17.4 Å². The van der Waals surface area contributed by atoms with Crippen LogP contribution in [0.1, 0.15) is 19.7 Å². The third-order valence-corrected chi connectivity index (χ3v) is 3.78. The van der Waals surface area contributed by atoms with E-state index >= 15 is 0 Å². The van der Waals surface area contributed by atoms with Gasteiger partial charge in [-0.1, -0.05) is 5.16 Å². The Hall–Kier alpha value is -2.06. The fourth-order valence-electron chi connectivity index (χ4n) is 2.40. The Balaban J connectivity index is 1.86. The number of hydrogen-bond donors (Lipinski definition) is 2. The lowest BCUT2D eigenvalue weighted by atomic mass is 10.0. The molecule has 0 aromatic carbocycles. The molecule has 3 heterocycles. The molecule has 0 radical (unpaired) electrons. The molecule has 3 rings (SSSR count). The summed E-state index contributed by atoms with van der Waals surface area (Å²) in [5, 5.41) is 13.7. The Bertz CT molecular complexity index is 651. The van der Waals surface area contributed by atoms with Crippen molar-refractivity contribution in [2.24, 2.45) is 0 Å². The Morgan fingerprint density at radius 1 is 1.29 bits per heavy atom. The molecule has 1 saturated heterocycles. The van der Waals surface area contributed by atoms with Crippen molar-refractivity contribution < 1.29 is 4.52 Å². The maximum absolute atomic E-state index is 11.0. The van der Waals surface area contributed by atoms with Crippen molar-refractivity contribution in [1.29, 1.82) is 0 Å². The van der Waals surface area contributed by atoms with E-state index in [2.05, 4.69) is 44.4 Å². The summed E-state index contributed by atoms with van der Waals surface area (Å²) < 4.78 is 5.28. The number of nitrogens with one attached hydrogen (secondary N) is 2. The molecule has 2 aromatic rings. The predicted molar refractivity (Wildman–Crippen MR) is 75.6 cm³/mol. The van der Waals surface area contributed by atoms with Gasteiger partial charge in [-0.15, -0.1) is 0 Å². The summed E-state index contributed by atoms with van der Waals surface area (Å²) in [4.78, 5) is 17.8. The SMILES string of the molecule is CC(C)(c1noc(-c2ccc(=O)[nH]n2)n1)N1CCNCC1. The molecule has 1 fully saturated rings. The van der Waals surface area contributed by atoms with Crippen molar-refractivity contribution in [2.75, 3.05) is 26.2 Å². The first-order valence-electron chi connectivity index (χ1n) is 6.93. The number of hydrogen-bond acceptors (Lipinski definition) is 7. The zero-order valence-corrected chi connectivity index (χ0v) is 12.1. The van der Waals surface area contributed by atoms with Gasteiger partial charge >= 0.3 is 0 Å². The van der Waals surface area contributed by atoms with Crippen LogP contribution in [0.15, 0.2) is 21.5 Å². The summed E-state index contributed by atoms with van der Waals surface area (Å²) in [6.45, 7) is 7.94. The van der Waals surface area contributed by atoms with Crippen LogP contribution in [0.5, 0.6) is 0 Å². The van der Waals surface area contributed by atoms with Crippen LogP contribution in [-0.4, -0.2) is 51.4 Å². The van der Waals surface area contributed by atoms with E-state index in [-0.39, 0.29) is 11.1 Å². The van der Waals surface area contributed by atoms with Gasteiger partial charge in [0, 0.05) is 32.2 Å². The third kappa shape index (κ3) is 2.72. The number of aromatic nitrogens is 4. The smallest absolute Gasteiger partial charge is 0.278 e. The van der Waals surface area contributed by atoms with E-state index in [4.69, 9.17) is 4.52 Å². The number of aromatic amines is 1. The standard InChI is InChI=1S/C13H18N6O2/c1-13(2,19-7-5-14-6-8-19)12-15-11(21-18-12)9-3-4-10(20)17-16-9/h3-4,14H,5-8H2,1-2H3,(H,17,20). The van der Waals surface area contributed by atoms with E-state index in [1.165, 1.54) is 6.07 Å². The Labute approximate surface area is 121 Å². The van der Waals surface area contributed by atoms with Gasteiger partial charge < -0.3 is 9.84 Å². The molecule has 8 nitrogen and oxygen atoms in total. The average Bonchev–Trinajstić information content (AvgIpc) is 2.99. The largest absolute Gasteiger partial charge is 0.332 e. The van der Waals surface area contributed by atoms with Crippen LogP contribution < -0.4 is 10.9 Å². The van der Waals surface area contributed by atoms with Gasteiger partial charge in [-0.25, -0.2) is 5.10 Å². The van der Waals surface area contributed by atoms with Gasteiger partial charge in [-0.05, 0) is 19.9 Å². The molecule has 0 amide bonds. The summed E-state index contributed by atoms with van der Waals surface area (Å²) in [6.07, 6.45) is 0. The first kappa shape index (κ1) is 13.9. The van der Waals surface area contributed by atoms with E-state index in [1.54, 1.807) is 6.07 Å². The topological polar surface area (TPSA) is 99.9 Å². The van der Waals surface area contributed by atoms with Crippen molar-refractivity contribution >= 4 is 0 Å². The molecule has 0 atom stereocenters. The molecular weight excluding hydrogens is 272 g/mol. The quantitative estimate of drug-likeness (QED) is 0.818. The molecule has 21 heavy (non-hydrogen) atoms. The Morgan fingerprint density at radius 2 is 2.05 bits per heavy atom. The lowest BCUT2D eigenvalue weighted by Crippen LogP contribution is -2.52. The number of H-pyrrole nitrogens is 1. The van der Waals surface area contributed by atoms with Gasteiger partial charge in [0.05, 0.1) is 5.54 Å². The fourth-order valence-corrected chi connectivity index (χ4v) is 2.40. The van der Waals surface area contributed by atoms with E-state index in [9.17, 15) is 4.79 Å². The molecule has 1 aliphatic rings. The molecule has 1 aliphatic heterocycles. The van der Waals surface area contributed by atoms with Crippen LogP contribution in [0.25, 0.3) is 11.6 Å². The monoisotopic (exact) mass is 290 g/mol. The van der Waals surface area contributed by atoms with Crippen molar-refractivity contribution in [1.82, 2.24) is 30.6 Å². The summed E-state index contributed by atoms with van der Waals surface area (Å²) in [7, 11) is 0. The summed E-state index contributed by atoms with van der Waals surface area (Å²) >= 11 is 0. The van der Waals surface area contributed by atoms with Crippen LogP contribution in [0.4, 0.5) is 0 Å². The second kappa shape index (κ2) is 5.38. The first-order chi connectivity index (χ1) is 10.1. The highest BCUT2D eigenvalue weighted by molar-refractivity contribution is 5.44. The van der Waals surface area contributed by atoms with Crippen LogP contribution in [-0.2, 0) is 5.54 Å². The van der Waals surface area contributed by atoms with Crippen LogP contribution in [0.3, 0.4) is 0 Å². The minimum atomic E-state index is -0.313. The molecule has 0 bridgehead atoms. The second-order valence-electron chi connectivity index (χ2n) is 5.53. The van der Waals surface area contributed by atoms with Crippen molar-refractivity contribution in [3.63, 3.8) is 0 Å². The summed E-state index contributed by atoms with van der Waals surface area (Å²) in [5.74, 6) is 0.928. The number of rotatable bonds is 3. The minimum absolute atomic E-state index is 0.264. The zero-order chi connectivity index (χ0) is 14.9. The highest BCUT2D eigenvalue weighted by Gasteiger charge is 2.34. The van der Waals surface area contributed by atoms with Crippen molar-refractivity contribution in [2.45, 2.75) is 19.4 Å².